The summed E-state index contributed by atoms with van der Waals surface area (Å²) in [7, 11) is -2.84. The van der Waals surface area contributed by atoms with E-state index in [0.29, 0.717) is 13.0 Å². The molecule has 0 fully saturated rings. The van der Waals surface area contributed by atoms with Gasteiger partial charge >= 0.3 is 0 Å². The summed E-state index contributed by atoms with van der Waals surface area (Å²) >= 11 is 0. The third-order valence-corrected chi connectivity index (χ3v) is 8.28. The molecule has 8 nitrogen and oxygen atoms in total. The van der Waals surface area contributed by atoms with Crippen LogP contribution in [-0.4, -0.2) is 51.4 Å². The van der Waals surface area contributed by atoms with Crippen LogP contribution in [0.5, 0.6) is 5.75 Å². The quantitative estimate of drug-likeness (QED) is 0.344. The predicted octanol–water partition coefficient (Wildman–Crippen LogP) is 4.59. The maximum atomic E-state index is 14.6. The topological polar surface area (TPSA) is 96.0 Å². The molecule has 0 saturated heterocycles. The normalized spacial score (nSPS) is 11.9. The average Bonchev–Trinajstić information content (AvgIpc) is 2.93. The second-order valence-corrected chi connectivity index (χ2v) is 11.4. The van der Waals surface area contributed by atoms with Crippen molar-refractivity contribution in [2.24, 2.45) is 0 Å². The zero-order valence-electron chi connectivity index (χ0n) is 23.5. The van der Waals surface area contributed by atoms with E-state index in [1.54, 1.807) is 43.3 Å². The van der Waals surface area contributed by atoms with Gasteiger partial charge in [0, 0.05) is 18.7 Å². The van der Waals surface area contributed by atoms with Gasteiger partial charge in [-0.2, -0.15) is 0 Å². The second kappa shape index (κ2) is 13.4. The Morgan fingerprint density at radius 2 is 1.65 bits per heavy atom. The molecule has 10 heteroatoms. The number of benzene rings is 3. The molecule has 40 heavy (non-hydrogen) atoms. The van der Waals surface area contributed by atoms with E-state index in [1.165, 1.54) is 49.3 Å². The highest BCUT2D eigenvalue weighted by molar-refractivity contribution is 7.92. The minimum absolute atomic E-state index is 0.0103. The third kappa shape index (κ3) is 7.18. The molecule has 0 heterocycles. The van der Waals surface area contributed by atoms with Crippen LogP contribution in [0.3, 0.4) is 0 Å². The lowest BCUT2D eigenvalue weighted by Crippen LogP contribution is -2.51. The van der Waals surface area contributed by atoms with Crippen LogP contribution < -0.4 is 14.4 Å². The van der Waals surface area contributed by atoms with Crippen molar-refractivity contribution in [3.8, 4) is 5.75 Å². The first kappa shape index (κ1) is 30.6. The van der Waals surface area contributed by atoms with Crippen molar-refractivity contribution in [3.63, 3.8) is 0 Å². The van der Waals surface area contributed by atoms with Gasteiger partial charge in [0.05, 0.1) is 17.7 Å². The second-order valence-electron chi connectivity index (χ2n) is 9.58. The molecule has 0 aliphatic heterocycles. The molecule has 0 spiro atoms. The fourth-order valence-corrected chi connectivity index (χ4v) is 5.55. The first-order valence-corrected chi connectivity index (χ1v) is 14.5. The number of sulfonamides is 1. The number of hydrogen-bond acceptors (Lipinski definition) is 5. The van der Waals surface area contributed by atoms with Gasteiger partial charge in [0.2, 0.25) is 11.8 Å². The Labute approximate surface area is 235 Å². The summed E-state index contributed by atoms with van der Waals surface area (Å²) < 4.78 is 49.1. The van der Waals surface area contributed by atoms with Gasteiger partial charge in [0.25, 0.3) is 10.0 Å². The van der Waals surface area contributed by atoms with Crippen molar-refractivity contribution in [1.82, 2.24) is 10.2 Å². The molecule has 0 aliphatic carbocycles. The molecule has 3 aromatic rings. The monoisotopic (exact) mass is 569 g/mol. The number of rotatable bonds is 12. The number of amides is 2. The number of halogens is 1. The zero-order chi connectivity index (χ0) is 29.4. The minimum atomic E-state index is -4.26. The molecule has 1 unspecified atom stereocenters. The van der Waals surface area contributed by atoms with Gasteiger partial charge in [-0.3, -0.25) is 13.9 Å². The van der Waals surface area contributed by atoms with Gasteiger partial charge in [-0.1, -0.05) is 48.9 Å². The Balaban J connectivity index is 2.10. The van der Waals surface area contributed by atoms with Crippen LogP contribution >= 0.6 is 0 Å². The molecule has 0 bridgehead atoms. The Morgan fingerprint density at radius 3 is 2.27 bits per heavy atom. The Morgan fingerprint density at radius 1 is 1.00 bits per heavy atom. The van der Waals surface area contributed by atoms with E-state index in [0.717, 1.165) is 15.4 Å². The number of nitrogens with zero attached hydrogens (tertiary/aromatic N) is 2. The van der Waals surface area contributed by atoms with Crippen LogP contribution in [0.2, 0.25) is 0 Å². The molecule has 1 atom stereocenters. The summed E-state index contributed by atoms with van der Waals surface area (Å²) in [6.07, 6.45) is 0.690. The van der Waals surface area contributed by atoms with E-state index < -0.39 is 40.2 Å². The van der Waals surface area contributed by atoms with Crippen LogP contribution in [0, 0.1) is 19.7 Å². The molecule has 0 aromatic heterocycles. The van der Waals surface area contributed by atoms with Crippen molar-refractivity contribution >= 4 is 27.5 Å². The van der Waals surface area contributed by atoms with Gasteiger partial charge in [0.15, 0.2) is 0 Å². The lowest BCUT2D eigenvalue weighted by Gasteiger charge is -2.32. The maximum absolute atomic E-state index is 14.6. The van der Waals surface area contributed by atoms with E-state index >= 15 is 0 Å². The number of anilines is 1. The largest absolute Gasteiger partial charge is 0.495 e. The predicted molar refractivity (Wildman–Crippen MR) is 153 cm³/mol. The number of methoxy groups -OCH3 is 1. The molecule has 3 rings (SSSR count). The van der Waals surface area contributed by atoms with Crippen molar-refractivity contribution < 1.29 is 27.1 Å². The molecule has 3 aromatic carbocycles. The van der Waals surface area contributed by atoms with E-state index in [2.05, 4.69) is 5.32 Å². The van der Waals surface area contributed by atoms with E-state index in [9.17, 15) is 22.4 Å². The van der Waals surface area contributed by atoms with Crippen LogP contribution in [0.1, 0.15) is 37.0 Å². The highest BCUT2D eigenvalue weighted by atomic mass is 32.2. The van der Waals surface area contributed by atoms with Crippen molar-refractivity contribution in [3.05, 3.63) is 89.2 Å². The van der Waals surface area contributed by atoms with E-state index in [4.69, 9.17) is 4.74 Å². The summed E-state index contributed by atoms with van der Waals surface area (Å²) in [5, 5.41) is 2.76. The molecule has 0 saturated carbocycles. The van der Waals surface area contributed by atoms with Gasteiger partial charge in [-0.15, -0.1) is 0 Å². The summed E-state index contributed by atoms with van der Waals surface area (Å²) in [4.78, 5) is 28.1. The fraction of sp³-hybridized carbons (Fsp3) is 0.333. The lowest BCUT2D eigenvalue weighted by atomic mass is 10.1. The highest BCUT2D eigenvalue weighted by Gasteiger charge is 2.34. The maximum Gasteiger partial charge on any atom is 0.264 e. The average molecular weight is 570 g/mol. The van der Waals surface area contributed by atoms with Crippen molar-refractivity contribution in [2.45, 2.75) is 51.6 Å². The molecule has 0 radical (unpaired) electrons. The Bertz CT molecular complexity index is 1440. The van der Waals surface area contributed by atoms with E-state index in [1.807, 2.05) is 13.8 Å². The smallest absolute Gasteiger partial charge is 0.264 e. The summed E-state index contributed by atoms with van der Waals surface area (Å²) in [5.74, 6) is -1.39. The van der Waals surface area contributed by atoms with Crippen LogP contribution in [0.4, 0.5) is 10.1 Å². The molecule has 214 valence electrons. The van der Waals surface area contributed by atoms with Gasteiger partial charge in [0.1, 0.15) is 24.2 Å². The number of carbonyl (C=O) groups is 2. The third-order valence-electron chi connectivity index (χ3n) is 6.51. The molecule has 2 amide bonds. The first-order chi connectivity index (χ1) is 19.0. The van der Waals surface area contributed by atoms with Gasteiger partial charge in [-0.25, -0.2) is 12.8 Å². The van der Waals surface area contributed by atoms with E-state index in [-0.39, 0.29) is 28.4 Å². The molecular formula is C30H36FN3O5S. The number of hydrogen-bond donors (Lipinski definition) is 1. The van der Waals surface area contributed by atoms with Crippen molar-refractivity contribution in [1.29, 1.82) is 0 Å². The number of carbonyl (C=O) groups excluding carboxylic acids is 2. The summed E-state index contributed by atoms with van der Waals surface area (Å²) in [6, 6.07) is 16.3. The molecule has 1 N–H and O–H groups in total. The van der Waals surface area contributed by atoms with Crippen LogP contribution in [-0.2, 0) is 26.2 Å². The minimum Gasteiger partial charge on any atom is -0.495 e. The summed E-state index contributed by atoms with van der Waals surface area (Å²) in [5.41, 5.74) is 2.00. The first-order valence-electron chi connectivity index (χ1n) is 13.0. The SMILES string of the molecule is CCCNC(=O)C(C)N(Cc1ccccc1F)C(=O)CN(c1cc(C)ccc1OC)S(=O)(=O)c1ccc(C)cc1. The lowest BCUT2D eigenvalue weighted by molar-refractivity contribution is -0.139. The Kier molecular flexibility index (Phi) is 10.3. The summed E-state index contributed by atoms with van der Waals surface area (Å²) in [6.45, 7) is 6.61. The fourth-order valence-electron chi connectivity index (χ4n) is 4.13. The van der Waals surface area contributed by atoms with Gasteiger partial charge < -0.3 is 15.0 Å². The van der Waals surface area contributed by atoms with Crippen LogP contribution in [0.25, 0.3) is 0 Å². The van der Waals surface area contributed by atoms with Crippen LogP contribution in [0.15, 0.2) is 71.6 Å². The highest BCUT2D eigenvalue weighted by Crippen LogP contribution is 2.34. The van der Waals surface area contributed by atoms with Crippen molar-refractivity contribution in [2.75, 3.05) is 24.5 Å². The standard InChI is InChI=1S/C30H36FN3O5S/c1-6-17-32-30(36)23(4)33(19-24-9-7-8-10-26(24)31)29(35)20-34(27-18-22(3)13-16-28(27)39-5)40(37,38)25-14-11-21(2)12-15-25/h7-16,18,23H,6,17,19-20H2,1-5H3,(H,32,36). The van der Waals surface area contributed by atoms with Gasteiger partial charge in [-0.05, 0) is 63.1 Å². The zero-order valence-corrected chi connectivity index (χ0v) is 24.3. The Hall–Kier alpha value is -3.92. The molecular weight excluding hydrogens is 533 g/mol. The number of nitrogens with one attached hydrogen (secondary N) is 1. The number of ether oxygens (including phenoxy) is 1. The number of aryl methyl sites for hydroxylation is 2. The molecule has 0 aliphatic rings.